The molecule has 0 spiro atoms. The summed E-state index contributed by atoms with van der Waals surface area (Å²) in [6.07, 6.45) is 4.14. The van der Waals surface area contributed by atoms with E-state index < -0.39 is 0 Å². The maximum atomic E-state index is 12.6. The molecule has 23 heavy (non-hydrogen) atoms. The second-order valence-electron chi connectivity index (χ2n) is 5.97. The number of ether oxygens (including phenoxy) is 1. The van der Waals surface area contributed by atoms with Crippen molar-refractivity contribution in [3.63, 3.8) is 0 Å². The number of thioether (sulfide) groups is 1. The number of carbonyl (C=O) groups excluding carboxylic acids is 1. The molecule has 0 saturated carbocycles. The number of Topliss-reactive ketones (excluding diaryl/α,β-unsaturated/α-hetero) is 1. The van der Waals surface area contributed by atoms with Crippen molar-refractivity contribution < 1.29 is 9.53 Å². The highest BCUT2D eigenvalue weighted by Crippen LogP contribution is 2.22. The topological polar surface area (TPSA) is 61.9 Å². The maximum Gasteiger partial charge on any atom is 0.191 e. The van der Waals surface area contributed by atoms with Crippen LogP contribution < -0.4 is 0 Å². The Morgan fingerprint density at radius 2 is 2.30 bits per heavy atom. The van der Waals surface area contributed by atoms with E-state index in [0.29, 0.717) is 5.75 Å². The molecule has 0 aromatic carbocycles. The van der Waals surface area contributed by atoms with Crippen LogP contribution in [0.25, 0.3) is 0 Å². The number of hydrogen-bond acceptors (Lipinski definition) is 5. The van der Waals surface area contributed by atoms with Gasteiger partial charge in [-0.15, -0.1) is 10.2 Å². The van der Waals surface area contributed by atoms with Crippen LogP contribution in [0.5, 0.6) is 0 Å². The monoisotopic (exact) mass is 334 g/mol. The van der Waals surface area contributed by atoms with Crippen molar-refractivity contribution in [2.24, 2.45) is 7.05 Å². The van der Waals surface area contributed by atoms with Crippen molar-refractivity contribution in [3.05, 3.63) is 29.3 Å². The van der Waals surface area contributed by atoms with Crippen LogP contribution in [0, 0.1) is 13.8 Å². The largest absolute Gasteiger partial charge is 0.376 e. The van der Waals surface area contributed by atoms with Crippen molar-refractivity contribution in [2.75, 3.05) is 12.4 Å². The quantitative estimate of drug-likeness (QED) is 0.599. The van der Waals surface area contributed by atoms with Gasteiger partial charge < -0.3 is 13.9 Å². The van der Waals surface area contributed by atoms with E-state index in [-0.39, 0.29) is 11.9 Å². The van der Waals surface area contributed by atoms with Crippen LogP contribution in [0.3, 0.4) is 0 Å². The molecule has 6 nitrogen and oxygen atoms in total. The van der Waals surface area contributed by atoms with Gasteiger partial charge in [-0.25, -0.2) is 0 Å². The number of rotatable bonds is 6. The standard InChI is InChI=1S/C16H22N4O2S/c1-11-7-14(12(2)20(11)8-13-5-4-6-22-13)15(21)9-23-16-18-17-10-19(16)3/h7,10,13H,4-6,8-9H2,1-3H3/t13-/m0/s1. The molecule has 7 heteroatoms. The molecule has 0 aliphatic carbocycles. The van der Waals surface area contributed by atoms with Gasteiger partial charge in [0.15, 0.2) is 10.9 Å². The third kappa shape index (κ3) is 3.50. The molecule has 3 heterocycles. The number of aromatic nitrogens is 4. The minimum absolute atomic E-state index is 0.129. The molecule has 1 saturated heterocycles. The molecule has 1 aliphatic heterocycles. The average molecular weight is 334 g/mol. The van der Waals surface area contributed by atoms with Crippen LogP contribution in [0.2, 0.25) is 0 Å². The second kappa shape index (κ2) is 6.88. The van der Waals surface area contributed by atoms with E-state index in [1.54, 1.807) is 6.33 Å². The Bertz CT molecular complexity index is 701. The minimum atomic E-state index is 0.129. The summed E-state index contributed by atoms with van der Waals surface area (Å²) in [4.78, 5) is 12.6. The molecule has 124 valence electrons. The molecular weight excluding hydrogens is 312 g/mol. The first-order chi connectivity index (χ1) is 11.1. The Balaban J connectivity index is 1.69. The third-order valence-electron chi connectivity index (χ3n) is 4.29. The molecule has 2 aromatic heterocycles. The smallest absolute Gasteiger partial charge is 0.191 e. The Morgan fingerprint density at radius 3 is 2.96 bits per heavy atom. The first-order valence-corrected chi connectivity index (χ1v) is 8.83. The molecule has 1 fully saturated rings. The van der Waals surface area contributed by atoms with Crippen molar-refractivity contribution >= 4 is 17.5 Å². The van der Waals surface area contributed by atoms with Gasteiger partial charge >= 0.3 is 0 Å². The molecule has 2 aromatic rings. The number of ketones is 1. The van der Waals surface area contributed by atoms with E-state index in [0.717, 1.165) is 48.1 Å². The lowest BCUT2D eigenvalue weighted by molar-refractivity contribution is 0.0957. The van der Waals surface area contributed by atoms with Crippen molar-refractivity contribution in [2.45, 2.75) is 44.5 Å². The van der Waals surface area contributed by atoms with E-state index in [1.807, 2.05) is 24.6 Å². The van der Waals surface area contributed by atoms with E-state index in [1.165, 1.54) is 11.8 Å². The Labute approximate surface area is 140 Å². The number of nitrogens with zero attached hydrogens (tertiary/aromatic N) is 4. The SMILES string of the molecule is Cc1cc(C(=O)CSc2nncn2C)c(C)n1C[C@@H]1CCCO1. The van der Waals surface area contributed by atoms with Crippen molar-refractivity contribution in [1.82, 2.24) is 19.3 Å². The number of hydrogen-bond donors (Lipinski definition) is 0. The van der Waals surface area contributed by atoms with Crippen LogP contribution in [-0.4, -0.2) is 43.6 Å². The first-order valence-electron chi connectivity index (χ1n) is 7.84. The predicted octanol–water partition coefficient (Wildman–Crippen LogP) is 2.39. The summed E-state index contributed by atoms with van der Waals surface area (Å²) < 4.78 is 9.74. The van der Waals surface area contributed by atoms with Gasteiger partial charge in [0.25, 0.3) is 0 Å². The predicted molar refractivity (Wildman–Crippen MR) is 88.9 cm³/mol. The van der Waals surface area contributed by atoms with Gasteiger partial charge in [-0.1, -0.05) is 11.8 Å². The van der Waals surface area contributed by atoms with Crippen molar-refractivity contribution in [1.29, 1.82) is 0 Å². The maximum absolute atomic E-state index is 12.6. The molecule has 0 bridgehead atoms. The van der Waals surface area contributed by atoms with Crippen LogP contribution in [0.15, 0.2) is 17.6 Å². The van der Waals surface area contributed by atoms with Crippen molar-refractivity contribution in [3.8, 4) is 0 Å². The summed E-state index contributed by atoms with van der Waals surface area (Å²) in [5, 5.41) is 8.58. The zero-order valence-electron chi connectivity index (χ0n) is 13.8. The van der Waals surface area contributed by atoms with Crippen LogP contribution in [0.4, 0.5) is 0 Å². The van der Waals surface area contributed by atoms with Crippen LogP contribution in [-0.2, 0) is 18.3 Å². The highest BCUT2D eigenvalue weighted by molar-refractivity contribution is 7.99. The summed E-state index contributed by atoms with van der Waals surface area (Å²) >= 11 is 1.42. The molecule has 0 N–H and O–H groups in total. The fraction of sp³-hybridized carbons (Fsp3) is 0.562. The summed E-state index contributed by atoms with van der Waals surface area (Å²) in [5.41, 5.74) is 2.95. The van der Waals surface area contributed by atoms with Gasteiger partial charge in [-0.2, -0.15) is 0 Å². The molecule has 0 amide bonds. The fourth-order valence-corrected chi connectivity index (χ4v) is 3.74. The molecule has 0 radical (unpaired) electrons. The molecule has 1 aliphatic rings. The van der Waals surface area contributed by atoms with Crippen LogP contribution in [0.1, 0.15) is 34.6 Å². The van der Waals surface area contributed by atoms with Gasteiger partial charge in [-0.3, -0.25) is 4.79 Å². The highest BCUT2D eigenvalue weighted by atomic mass is 32.2. The highest BCUT2D eigenvalue weighted by Gasteiger charge is 2.21. The van der Waals surface area contributed by atoms with E-state index in [4.69, 9.17) is 4.74 Å². The van der Waals surface area contributed by atoms with Gasteiger partial charge in [0.1, 0.15) is 6.33 Å². The van der Waals surface area contributed by atoms with E-state index in [2.05, 4.69) is 21.7 Å². The summed E-state index contributed by atoms with van der Waals surface area (Å²) in [5.74, 6) is 0.501. The normalized spacial score (nSPS) is 17.8. The van der Waals surface area contributed by atoms with Gasteiger partial charge in [0, 0.05) is 37.2 Å². The van der Waals surface area contributed by atoms with Gasteiger partial charge in [0.05, 0.1) is 11.9 Å². The lowest BCUT2D eigenvalue weighted by Crippen LogP contribution is -2.17. The van der Waals surface area contributed by atoms with E-state index in [9.17, 15) is 4.79 Å². The first kappa shape index (κ1) is 16.3. The zero-order valence-corrected chi connectivity index (χ0v) is 14.6. The fourth-order valence-electron chi connectivity index (χ4n) is 2.97. The van der Waals surface area contributed by atoms with Gasteiger partial charge in [-0.05, 0) is 32.8 Å². The average Bonchev–Trinajstić information content (AvgIpc) is 3.23. The molecule has 1 atom stereocenters. The van der Waals surface area contributed by atoms with Gasteiger partial charge in [0.2, 0.25) is 0 Å². The second-order valence-corrected chi connectivity index (χ2v) is 6.91. The lowest BCUT2D eigenvalue weighted by Gasteiger charge is -2.14. The lowest BCUT2D eigenvalue weighted by atomic mass is 10.2. The Morgan fingerprint density at radius 1 is 1.48 bits per heavy atom. The summed E-state index contributed by atoms with van der Waals surface area (Å²) in [7, 11) is 1.88. The third-order valence-corrected chi connectivity index (χ3v) is 5.32. The Kier molecular flexibility index (Phi) is 4.87. The summed E-state index contributed by atoms with van der Waals surface area (Å²) in [6.45, 7) is 5.75. The Hall–Kier alpha value is -1.60. The number of aryl methyl sites for hydroxylation is 2. The minimum Gasteiger partial charge on any atom is -0.376 e. The molecular formula is C16H22N4O2S. The van der Waals surface area contributed by atoms with Crippen LogP contribution >= 0.6 is 11.8 Å². The zero-order chi connectivity index (χ0) is 16.4. The summed E-state index contributed by atoms with van der Waals surface area (Å²) in [6, 6.07) is 1.99. The molecule has 0 unspecified atom stereocenters. The number of carbonyl (C=O) groups is 1. The van der Waals surface area contributed by atoms with E-state index >= 15 is 0 Å². The molecule has 3 rings (SSSR count).